The summed E-state index contributed by atoms with van der Waals surface area (Å²) in [6.45, 7) is 0. The van der Waals surface area contributed by atoms with Crippen LogP contribution in [0.25, 0.3) is 28.7 Å². The lowest BCUT2D eigenvalue weighted by molar-refractivity contribution is 0.571. The Morgan fingerprint density at radius 1 is 1.03 bits per heavy atom. The van der Waals surface area contributed by atoms with Gasteiger partial charge < -0.3 is 10.2 Å². The maximum absolute atomic E-state index is 13.1. The average molecular weight is 395 g/mol. The number of hydrogen-bond donors (Lipinski definition) is 1. The summed E-state index contributed by atoms with van der Waals surface area (Å²) in [5.74, 6) is 0.718. The lowest BCUT2D eigenvalue weighted by atomic mass is 10.1. The highest BCUT2D eigenvalue weighted by atomic mass is 19.1. The lowest BCUT2D eigenvalue weighted by Crippen LogP contribution is -2.02. The number of halogens is 1. The van der Waals surface area contributed by atoms with Gasteiger partial charge in [0.1, 0.15) is 46.6 Å². The van der Waals surface area contributed by atoms with Crippen molar-refractivity contribution in [2.45, 2.75) is 0 Å². The second-order valence-electron chi connectivity index (χ2n) is 6.35. The van der Waals surface area contributed by atoms with Crippen LogP contribution in [-0.2, 0) is 0 Å². The van der Waals surface area contributed by atoms with Gasteiger partial charge in [-0.15, -0.1) is 0 Å². The predicted molar refractivity (Wildman–Crippen MR) is 110 cm³/mol. The highest BCUT2D eigenvalue weighted by Crippen LogP contribution is 2.29. The van der Waals surface area contributed by atoms with Gasteiger partial charge in [0.15, 0.2) is 0 Å². The molecule has 0 bridgehead atoms. The molecule has 0 unspecified atom stereocenters. The number of nitrogens with two attached hydrogens (primary N) is 1. The molecule has 2 N–H and O–H groups in total. The number of allylic oxidation sites excluding steroid dienone is 1. The van der Waals surface area contributed by atoms with E-state index in [4.69, 9.17) is 10.2 Å². The standard InChI is InChI=1S/C23H14FN5O/c24-17-8-6-15(7-9-17)21-11-10-19(30-21)12-16(13-25)22-20(14-26)23(27)29(28-22)18-4-2-1-3-5-18/h1-12H,27H2/b16-12+. The maximum atomic E-state index is 13.1. The number of benzene rings is 2. The number of para-hydroxylation sites is 1. The van der Waals surface area contributed by atoms with Gasteiger partial charge in [-0.05, 0) is 48.5 Å². The normalized spacial score (nSPS) is 11.1. The molecule has 0 atom stereocenters. The Labute approximate surface area is 171 Å². The summed E-state index contributed by atoms with van der Waals surface area (Å²) >= 11 is 0. The van der Waals surface area contributed by atoms with Crippen molar-refractivity contribution in [1.29, 1.82) is 10.5 Å². The Hall–Kier alpha value is -4.62. The van der Waals surface area contributed by atoms with E-state index in [-0.39, 0.29) is 28.5 Å². The zero-order valence-electron chi connectivity index (χ0n) is 15.6. The quantitative estimate of drug-likeness (QED) is 0.500. The number of hydrogen-bond acceptors (Lipinski definition) is 5. The number of furan rings is 1. The third kappa shape index (κ3) is 3.44. The van der Waals surface area contributed by atoms with E-state index >= 15 is 0 Å². The first-order valence-electron chi connectivity index (χ1n) is 8.92. The molecule has 0 saturated carbocycles. The van der Waals surface area contributed by atoms with Gasteiger partial charge in [0.25, 0.3) is 0 Å². The van der Waals surface area contributed by atoms with Crippen LogP contribution in [0, 0.1) is 28.5 Å². The lowest BCUT2D eigenvalue weighted by Gasteiger charge is -2.02. The van der Waals surface area contributed by atoms with Gasteiger partial charge in [0.05, 0.1) is 11.3 Å². The van der Waals surface area contributed by atoms with Crippen LogP contribution in [0.15, 0.2) is 71.1 Å². The number of aromatic nitrogens is 2. The van der Waals surface area contributed by atoms with E-state index in [0.717, 1.165) is 0 Å². The van der Waals surface area contributed by atoms with Crippen molar-refractivity contribution in [3.63, 3.8) is 0 Å². The van der Waals surface area contributed by atoms with E-state index in [0.29, 0.717) is 22.8 Å². The zero-order valence-corrected chi connectivity index (χ0v) is 15.6. The molecule has 2 aromatic carbocycles. The molecule has 0 spiro atoms. The van der Waals surface area contributed by atoms with Crippen molar-refractivity contribution in [3.05, 3.63) is 89.6 Å². The van der Waals surface area contributed by atoms with Gasteiger partial charge in [-0.2, -0.15) is 15.6 Å². The number of nitrogens with zero attached hydrogens (tertiary/aromatic N) is 4. The largest absolute Gasteiger partial charge is 0.457 e. The molecule has 0 aliphatic rings. The topological polar surface area (TPSA) is 105 Å². The summed E-state index contributed by atoms with van der Waals surface area (Å²) < 4.78 is 20.3. The second kappa shape index (κ2) is 7.78. The number of anilines is 1. The summed E-state index contributed by atoms with van der Waals surface area (Å²) in [6, 6.07) is 22.5. The fourth-order valence-electron chi connectivity index (χ4n) is 2.99. The minimum atomic E-state index is -0.340. The third-order valence-electron chi connectivity index (χ3n) is 4.45. The highest BCUT2D eigenvalue weighted by molar-refractivity contribution is 5.90. The van der Waals surface area contributed by atoms with Crippen LogP contribution in [-0.4, -0.2) is 9.78 Å². The molecule has 4 aromatic rings. The van der Waals surface area contributed by atoms with Crippen LogP contribution in [0.4, 0.5) is 10.2 Å². The van der Waals surface area contributed by atoms with E-state index in [1.54, 1.807) is 36.4 Å². The number of nitrogen functional groups attached to an aromatic ring is 1. The molecule has 0 fully saturated rings. The SMILES string of the molecule is N#C/C(=C\c1ccc(-c2ccc(F)cc2)o1)c1nn(-c2ccccc2)c(N)c1C#N. The molecule has 0 radical (unpaired) electrons. The molecule has 2 heterocycles. The first-order chi connectivity index (χ1) is 14.6. The van der Waals surface area contributed by atoms with Crippen LogP contribution in [0.3, 0.4) is 0 Å². The molecular formula is C23H14FN5O. The first kappa shape index (κ1) is 18.7. The van der Waals surface area contributed by atoms with Crippen LogP contribution in [0.1, 0.15) is 17.0 Å². The van der Waals surface area contributed by atoms with Crippen molar-refractivity contribution in [3.8, 4) is 29.1 Å². The molecular weight excluding hydrogens is 381 g/mol. The number of nitriles is 2. The van der Waals surface area contributed by atoms with E-state index in [1.807, 2.05) is 24.3 Å². The second-order valence-corrected chi connectivity index (χ2v) is 6.35. The molecule has 0 saturated heterocycles. The molecule has 0 aliphatic heterocycles. The van der Waals surface area contributed by atoms with Crippen molar-refractivity contribution in [1.82, 2.24) is 9.78 Å². The molecule has 30 heavy (non-hydrogen) atoms. The average Bonchev–Trinajstić information content (AvgIpc) is 3.37. The summed E-state index contributed by atoms with van der Waals surface area (Å²) in [6.07, 6.45) is 1.49. The van der Waals surface area contributed by atoms with Crippen LogP contribution in [0.5, 0.6) is 0 Å². The first-order valence-corrected chi connectivity index (χ1v) is 8.92. The Bertz CT molecular complexity index is 1320. The van der Waals surface area contributed by atoms with Gasteiger partial charge in [0, 0.05) is 11.6 Å². The van der Waals surface area contributed by atoms with Gasteiger partial charge in [-0.25, -0.2) is 9.07 Å². The summed E-state index contributed by atoms with van der Waals surface area (Å²) in [5, 5.41) is 23.6. The molecule has 4 rings (SSSR count). The molecule has 0 aliphatic carbocycles. The summed E-state index contributed by atoms with van der Waals surface area (Å²) in [7, 11) is 0. The van der Waals surface area contributed by atoms with Gasteiger partial charge >= 0.3 is 0 Å². The fraction of sp³-hybridized carbons (Fsp3) is 0. The van der Waals surface area contributed by atoms with E-state index in [9.17, 15) is 14.9 Å². The highest BCUT2D eigenvalue weighted by Gasteiger charge is 2.20. The monoisotopic (exact) mass is 395 g/mol. The molecule has 6 nitrogen and oxygen atoms in total. The Morgan fingerprint density at radius 3 is 2.43 bits per heavy atom. The maximum Gasteiger partial charge on any atom is 0.145 e. The molecule has 144 valence electrons. The van der Waals surface area contributed by atoms with Crippen molar-refractivity contribution in [2.24, 2.45) is 0 Å². The van der Waals surface area contributed by atoms with E-state index in [2.05, 4.69) is 11.2 Å². The Kier molecular flexibility index (Phi) is 4.86. The van der Waals surface area contributed by atoms with Crippen molar-refractivity contribution < 1.29 is 8.81 Å². The van der Waals surface area contributed by atoms with Gasteiger partial charge in [-0.1, -0.05) is 18.2 Å². The van der Waals surface area contributed by atoms with E-state index < -0.39 is 0 Å². The van der Waals surface area contributed by atoms with Crippen LogP contribution >= 0.6 is 0 Å². The Morgan fingerprint density at radius 2 is 1.77 bits per heavy atom. The third-order valence-corrected chi connectivity index (χ3v) is 4.45. The minimum Gasteiger partial charge on any atom is -0.457 e. The Balaban J connectivity index is 1.75. The van der Waals surface area contributed by atoms with Crippen LogP contribution < -0.4 is 5.73 Å². The van der Waals surface area contributed by atoms with Crippen molar-refractivity contribution in [2.75, 3.05) is 5.73 Å². The van der Waals surface area contributed by atoms with Crippen molar-refractivity contribution >= 4 is 17.5 Å². The smallest absolute Gasteiger partial charge is 0.145 e. The molecule has 0 amide bonds. The molecule has 2 aromatic heterocycles. The fourth-order valence-corrected chi connectivity index (χ4v) is 2.99. The molecule has 7 heteroatoms. The van der Waals surface area contributed by atoms with Crippen LogP contribution in [0.2, 0.25) is 0 Å². The predicted octanol–water partition coefficient (Wildman–Crippen LogP) is 4.79. The summed E-state index contributed by atoms with van der Waals surface area (Å²) in [5.41, 5.74) is 7.89. The van der Waals surface area contributed by atoms with E-state index in [1.165, 1.54) is 22.9 Å². The van der Waals surface area contributed by atoms with Gasteiger partial charge in [0.2, 0.25) is 0 Å². The minimum absolute atomic E-state index is 0.108. The number of rotatable bonds is 4. The summed E-state index contributed by atoms with van der Waals surface area (Å²) in [4.78, 5) is 0. The zero-order chi connectivity index (χ0) is 21.1. The van der Waals surface area contributed by atoms with Gasteiger partial charge in [-0.3, -0.25) is 0 Å².